The molecule has 0 bridgehead atoms. The first-order valence-electron chi connectivity index (χ1n) is 11.2. The zero-order valence-electron chi connectivity index (χ0n) is 18.2. The first-order valence-corrected chi connectivity index (χ1v) is 11.2. The maximum absolute atomic E-state index is 13.3. The third-order valence-corrected chi connectivity index (χ3v) is 6.55. The molecule has 33 heavy (non-hydrogen) atoms. The number of fused-ring (bicyclic) bond motifs is 1. The number of hydrogen-bond acceptors (Lipinski definition) is 3. The Hall–Kier alpha value is -3.93. The van der Waals surface area contributed by atoms with Gasteiger partial charge >= 0.3 is 6.03 Å². The lowest BCUT2D eigenvalue weighted by Gasteiger charge is -2.32. The Morgan fingerprint density at radius 2 is 1.45 bits per heavy atom. The second kappa shape index (κ2) is 8.54. The first kappa shape index (κ1) is 20.9. The van der Waals surface area contributed by atoms with E-state index in [-0.39, 0.29) is 24.4 Å². The molecule has 0 radical (unpaired) electrons. The molecule has 1 heterocycles. The molecule has 6 nitrogen and oxygen atoms in total. The van der Waals surface area contributed by atoms with Crippen LogP contribution < -0.4 is 10.6 Å². The summed E-state index contributed by atoms with van der Waals surface area (Å²) < 4.78 is 0. The molecular formula is C27H25N3O3. The van der Waals surface area contributed by atoms with Crippen LogP contribution in [0.5, 0.6) is 0 Å². The van der Waals surface area contributed by atoms with Crippen LogP contribution in [-0.4, -0.2) is 34.8 Å². The fraction of sp³-hybridized carbons (Fsp3) is 0.222. The molecule has 0 saturated carbocycles. The lowest BCUT2D eigenvalue weighted by Crippen LogP contribution is -2.51. The summed E-state index contributed by atoms with van der Waals surface area (Å²) in [6, 6.07) is 26.4. The zero-order chi connectivity index (χ0) is 22.8. The number of amides is 4. The number of carbonyl (C=O) groups excluding carboxylic acids is 3. The highest BCUT2D eigenvalue weighted by atomic mass is 16.2. The molecule has 2 N–H and O–H groups in total. The smallest absolute Gasteiger partial charge is 0.325 e. The minimum atomic E-state index is -0.968. The van der Waals surface area contributed by atoms with Gasteiger partial charge in [0.15, 0.2) is 0 Å². The first-order chi connectivity index (χ1) is 16.1. The van der Waals surface area contributed by atoms with Crippen molar-refractivity contribution in [1.29, 1.82) is 0 Å². The highest BCUT2D eigenvalue weighted by molar-refractivity contribution is 6.09. The van der Waals surface area contributed by atoms with E-state index >= 15 is 0 Å². The Morgan fingerprint density at radius 1 is 0.879 bits per heavy atom. The van der Waals surface area contributed by atoms with Crippen molar-refractivity contribution in [2.45, 2.75) is 30.8 Å². The van der Waals surface area contributed by atoms with E-state index in [2.05, 4.69) is 16.7 Å². The van der Waals surface area contributed by atoms with Gasteiger partial charge in [0.25, 0.3) is 5.91 Å². The average Bonchev–Trinajstić information content (AvgIpc) is 3.07. The summed E-state index contributed by atoms with van der Waals surface area (Å²) >= 11 is 0. The summed E-state index contributed by atoms with van der Waals surface area (Å²) in [6.45, 7) is -0.315. The van der Waals surface area contributed by atoms with Crippen molar-refractivity contribution in [3.05, 3.63) is 107 Å². The number of urea groups is 1. The summed E-state index contributed by atoms with van der Waals surface area (Å²) in [5.41, 5.74) is 3.15. The summed E-state index contributed by atoms with van der Waals surface area (Å²) in [4.78, 5) is 40.2. The maximum Gasteiger partial charge on any atom is 0.325 e. The molecule has 3 aromatic carbocycles. The van der Waals surface area contributed by atoms with Crippen LogP contribution in [0.25, 0.3) is 0 Å². The third kappa shape index (κ3) is 4.00. The number of aryl methyl sites for hydroxylation is 1. The van der Waals surface area contributed by atoms with Crippen molar-refractivity contribution >= 4 is 17.8 Å². The van der Waals surface area contributed by atoms with Crippen molar-refractivity contribution in [3.8, 4) is 0 Å². The van der Waals surface area contributed by atoms with Crippen LogP contribution in [0.2, 0.25) is 0 Å². The van der Waals surface area contributed by atoms with Crippen LogP contribution in [0.1, 0.15) is 34.7 Å². The van der Waals surface area contributed by atoms with E-state index in [0.29, 0.717) is 19.3 Å². The second-order valence-corrected chi connectivity index (χ2v) is 8.67. The van der Waals surface area contributed by atoms with Crippen molar-refractivity contribution in [1.82, 2.24) is 15.5 Å². The number of carbonyl (C=O) groups is 3. The van der Waals surface area contributed by atoms with Gasteiger partial charge in [-0.2, -0.15) is 0 Å². The van der Waals surface area contributed by atoms with Gasteiger partial charge in [0.05, 0.1) is 6.04 Å². The molecule has 1 aliphatic heterocycles. The molecule has 1 aliphatic carbocycles. The van der Waals surface area contributed by atoms with Gasteiger partial charge in [-0.1, -0.05) is 84.9 Å². The number of imide groups is 1. The normalized spacial score (nSPS) is 19.5. The molecule has 1 spiro atoms. The van der Waals surface area contributed by atoms with Crippen LogP contribution in [-0.2, 0) is 22.4 Å². The van der Waals surface area contributed by atoms with Gasteiger partial charge in [-0.15, -0.1) is 0 Å². The minimum absolute atomic E-state index is 0.315. The van der Waals surface area contributed by atoms with Gasteiger partial charge in [0.1, 0.15) is 12.1 Å². The summed E-state index contributed by atoms with van der Waals surface area (Å²) in [6.07, 6.45) is 1.69. The van der Waals surface area contributed by atoms with E-state index < -0.39 is 11.6 Å². The lowest BCUT2D eigenvalue weighted by molar-refractivity contribution is -0.135. The Morgan fingerprint density at radius 3 is 2.09 bits per heavy atom. The van der Waals surface area contributed by atoms with Crippen LogP contribution in [0.4, 0.5) is 4.79 Å². The highest BCUT2D eigenvalue weighted by Gasteiger charge is 2.52. The third-order valence-electron chi connectivity index (χ3n) is 6.55. The summed E-state index contributed by atoms with van der Waals surface area (Å²) in [5.74, 6) is -0.711. The molecular weight excluding hydrogens is 414 g/mol. The van der Waals surface area contributed by atoms with E-state index in [1.54, 1.807) is 0 Å². The van der Waals surface area contributed by atoms with Crippen molar-refractivity contribution in [2.75, 3.05) is 6.54 Å². The average molecular weight is 440 g/mol. The van der Waals surface area contributed by atoms with Gasteiger partial charge in [0.2, 0.25) is 5.91 Å². The maximum atomic E-state index is 13.3. The fourth-order valence-electron chi connectivity index (χ4n) is 4.84. The molecule has 1 saturated heterocycles. The van der Waals surface area contributed by atoms with Crippen molar-refractivity contribution in [2.24, 2.45) is 0 Å². The molecule has 0 unspecified atom stereocenters. The number of rotatable bonds is 5. The lowest BCUT2D eigenvalue weighted by atomic mass is 9.78. The Kier molecular flexibility index (Phi) is 5.42. The van der Waals surface area contributed by atoms with Gasteiger partial charge in [-0.3, -0.25) is 14.5 Å². The molecule has 3 aromatic rings. The number of nitrogens with one attached hydrogen (secondary N) is 2. The van der Waals surface area contributed by atoms with E-state index in [4.69, 9.17) is 0 Å². The predicted molar refractivity (Wildman–Crippen MR) is 124 cm³/mol. The van der Waals surface area contributed by atoms with Gasteiger partial charge in [-0.25, -0.2) is 4.79 Å². The van der Waals surface area contributed by atoms with Crippen LogP contribution in [0.3, 0.4) is 0 Å². The molecule has 1 fully saturated rings. The Bertz CT molecular complexity index is 1160. The second-order valence-electron chi connectivity index (χ2n) is 8.67. The highest BCUT2D eigenvalue weighted by Crippen LogP contribution is 2.33. The molecule has 4 amide bonds. The van der Waals surface area contributed by atoms with Crippen LogP contribution in [0, 0.1) is 0 Å². The largest absolute Gasteiger partial charge is 0.344 e. The summed E-state index contributed by atoms with van der Waals surface area (Å²) in [7, 11) is 0. The van der Waals surface area contributed by atoms with Gasteiger partial charge in [0, 0.05) is 6.42 Å². The predicted octanol–water partition coefficient (Wildman–Crippen LogP) is 3.37. The van der Waals surface area contributed by atoms with Crippen LogP contribution >= 0.6 is 0 Å². The van der Waals surface area contributed by atoms with Crippen LogP contribution in [0.15, 0.2) is 84.9 Å². The molecule has 2 aliphatic rings. The molecule has 6 heteroatoms. The minimum Gasteiger partial charge on any atom is -0.344 e. The topological polar surface area (TPSA) is 78.5 Å². The Labute approximate surface area is 192 Å². The molecule has 5 rings (SSSR count). The Balaban J connectivity index is 1.33. The van der Waals surface area contributed by atoms with E-state index in [1.807, 2.05) is 78.9 Å². The SMILES string of the molecule is O=C(CN1C(=O)N[C@]2(CCc3ccccc3C2)C1=O)NC(c1ccccc1)c1ccccc1. The summed E-state index contributed by atoms with van der Waals surface area (Å²) in [5, 5.41) is 5.90. The fourth-order valence-corrected chi connectivity index (χ4v) is 4.84. The van der Waals surface area contributed by atoms with E-state index in [0.717, 1.165) is 21.6 Å². The molecule has 1 atom stereocenters. The molecule has 166 valence electrons. The number of nitrogens with zero attached hydrogens (tertiary/aromatic N) is 1. The quantitative estimate of drug-likeness (QED) is 0.599. The van der Waals surface area contributed by atoms with E-state index in [1.165, 1.54) is 5.56 Å². The number of benzene rings is 3. The van der Waals surface area contributed by atoms with Gasteiger partial charge in [-0.05, 0) is 35.1 Å². The van der Waals surface area contributed by atoms with E-state index in [9.17, 15) is 14.4 Å². The van der Waals surface area contributed by atoms with Crippen molar-refractivity contribution in [3.63, 3.8) is 0 Å². The zero-order valence-corrected chi connectivity index (χ0v) is 18.2. The molecule has 0 aromatic heterocycles. The monoisotopic (exact) mass is 439 g/mol. The van der Waals surface area contributed by atoms with Crippen molar-refractivity contribution < 1.29 is 14.4 Å². The number of hydrogen-bond donors (Lipinski definition) is 2. The van der Waals surface area contributed by atoms with Gasteiger partial charge < -0.3 is 10.6 Å². The standard InChI is InChI=1S/C27H25N3O3/c31-23(28-24(20-10-3-1-4-11-20)21-12-5-2-6-13-21)18-30-25(32)27(29-26(30)33)16-15-19-9-7-8-14-22(19)17-27/h1-14,24H,15-18H2,(H,28,31)(H,29,33)/t27-/m0/s1.